The number of hydrogen-bond acceptors (Lipinski definition) is 2. The number of hydrogen-bond donors (Lipinski definition) is 1. The summed E-state index contributed by atoms with van der Waals surface area (Å²) in [5.41, 5.74) is 0. The molecular weight excluding hydrogens is 176 g/mol. The molecule has 0 aromatic carbocycles. The Morgan fingerprint density at radius 3 is 2.71 bits per heavy atom. The van der Waals surface area contributed by atoms with Crippen LogP contribution >= 0.6 is 0 Å². The van der Waals surface area contributed by atoms with E-state index in [1.807, 2.05) is 11.8 Å². The van der Waals surface area contributed by atoms with Crippen LogP contribution in [-0.4, -0.2) is 30.1 Å². The third-order valence-corrected chi connectivity index (χ3v) is 3.55. The van der Waals surface area contributed by atoms with Gasteiger partial charge >= 0.3 is 0 Å². The fourth-order valence-electron chi connectivity index (χ4n) is 2.64. The zero-order chi connectivity index (χ0) is 10.1. The van der Waals surface area contributed by atoms with E-state index in [2.05, 4.69) is 12.2 Å². The van der Waals surface area contributed by atoms with Gasteiger partial charge in [-0.25, -0.2) is 0 Å². The average molecular weight is 196 g/mol. The van der Waals surface area contributed by atoms with Gasteiger partial charge in [0.05, 0.1) is 12.7 Å². The SMILES string of the molecule is CC1CCC(CN2CNC(C)C2=O)C1. The van der Waals surface area contributed by atoms with Crippen molar-refractivity contribution < 1.29 is 4.79 Å². The molecule has 14 heavy (non-hydrogen) atoms. The summed E-state index contributed by atoms with van der Waals surface area (Å²) in [6.07, 6.45) is 3.95. The zero-order valence-corrected chi connectivity index (χ0v) is 9.12. The quantitative estimate of drug-likeness (QED) is 0.719. The van der Waals surface area contributed by atoms with Gasteiger partial charge in [-0.15, -0.1) is 0 Å². The van der Waals surface area contributed by atoms with E-state index in [9.17, 15) is 4.79 Å². The molecule has 0 radical (unpaired) electrons. The molecule has 0 spiro atoms. The molecule has 0 aromatic heterocycles. The van der Waals surface area contributed by atoms with Crippen LogP contribution in [0.5, 0.6) is 0 Å². The molecule has 3 nitrogen and oxygen atoms in total. The van der Waals surface area contributed by atoms with Crippen LogP contribution in [-0.2, 0) is 4.79 Å². The lowest BCUT2D eigenvalue weighted by Crippen LogP contribution is -2.32. The van der Waals surface area contributed by atoms with Crippen molar-refractivity contribution in [2.75, 3.05) is 13.2 Å². The van der Waals surface area contributed by atoms with Crippen LogP contribution in [0.4, 0.5) is 0 Å². The lowest BCUT2D eigenvalue weighted by Gasteiger charge is -2.19. The van der Waals surface area contributed by atoms with Gasteiger partial charge in [-0.05, 0) is 31.6 Å². The summed E-state index contributed by atoms with van der Waals surface area (Å²) < 4.78 is 0. The Hall–Kier alpha value is -0.570. The summed E-state index contributed by atoms with van der Waals surface area (Å²) in [6.45, 7) is 5.98. The molecule has 1 aliphatic carbocycles. The van der Waals surface area contributed by atoms with Crippen molar-refractivity contribution in [1.82, 2.24) is 10.2 Å². The predicted molar refractivity (Wildman–Crippen MR) is 55.7 cm³/mol. The second kappa shape index (κ2) is 3.89. The molecule has 1 amide bonds. The van der Waals surface area contributed by atoms with Gasteiger partial charge in [0.1, 0.15) is 0 Å². The maximum Gasteiger partial charge on any atom is 0.240 e. The largest absolute Gasteiger partial charge is 0.328 e. The van der Waals surface area contributed by atoms with E-state index in [0.717, 1.165) is 25.0 Å². The van der Waals surface area contributed by atoms with Gasteiger partial charge in [-0.1, -0.05) is 13.3 Å². The highest BCUT2D eigenvalue weighted by Gasteiger charge is 2.31. The fourth-order valence-corrected chi connectivity index (χ4v) is 2.64. The monoisotopic (exact) mass is 196 g/mol. The van der Waals surface area contributed by atoms with E-state index >= 15 is 0 Å². The molecule has 0 aromatic rings. The highest BCUT2D eigenvalue weighted by atomic mass is 16.2. The molecule has 2 rings (SSSR count). The third-order valence-electron chi connectivity index (χ3n) is 3.55. The number of nitrogens with zero attached hydrogens (tertiary/aromatic N) is 1. The molecule has 1 saturated heterocycles. The normalized spacial score (nSPS) is 38.3. The molecule has 0 bridgehead atoms. The van der Waals surface area contributed by atoms with Crippen LogP contribution in [0.3, 0.4) is 0 Å². The lowest BCUT2D eigenvalue weighted by atomic mass is 10.1. The van der Waals surface area contributed by atoms with Crippen molar-refractivity contribution in [2.45, 2.75) is 39.2 Å². The zero-order valence-electron chi connectivity index (χ0n) is 9.12. The second-order valence-electron chi connectivity index (χ2n) is 4.93. The molecule has 3 atom stereocenters. The van der Waals surface area contributed by atoms with E-state index in [-0.39, 0.29) is 11.9 Å². The van der Waals surface area contributed by atoms with E-state index < -0.39 is 0 Å². The molecule has 1 N–H and O–H groups in total. The summed E-state index contributed by atoms with van der Waals surface area (Å²) in [5.74, 6) is 1.90. The number of rotatable bonds is 2. The molecule has 3 unspecified atom stereocenters. The Morgan fingerprint density at radius 1 is 1.43 bits per heavy atom. The summed E-state index contributed by atoms with van der Waals surface area (Å²) in [4.78, 5) is 13.6. The Bertz CT molecular complexity index is 229. The molecule has 2 fully saturated rings. The Morgan fingerprint density at radius 2 is 2.21 bits per heavy atom. The minimum atomic E-state index is 0.0360. The summed E-state index contributed by atoms with van der Waals surface area (Å²) in [6, 6.07) is 0.0360. The van der Waals surface area contributed by atoms with Crippen molar-refractivity contribution in [3.8, 4) is 0 Å². The second-order valence-corrected chi connectivity index (χ2v) is 4.93. The minimum Gasteiger partial charge on any atom is -0.328 e. The van der Waals surface area contributed by atoms with E-state index in [0.29, 0.717) is 0 Å². The summed E-state index contributed by atoms with van der Waals surface area (Å²) in [7, 11) is 0. The number of nitrogens with one attached hydrogen (secondary N) is 1. The van der Waals surface area contributed by atoms with Crippen molar-refractivity contribution in [2.24, 2.45) is 11.8 Å². The molecule has 80 valence electrons. The third kappa shape index (κ3) is 1.92. The Labute approximate surface area is 85.8 Å². The van der Waals surface area contributed by atoms with Gasteiger partial charge in [0.2, 0.25) is 5.91 Å². The van der Waals surface area contributed by atoms with Crippen LogP contribution in [0.15, 0.2) is 0 Å². The van der Waals surface area contributed by atoms with Gasteiger partial charge in [0, 0.05) is 6.54 Å². The van der Waals surface area contributed by atoms with Crippen molar-refractivity contribution >= 4 is 5.91 Å². The van der Waals surface area contributed by atoms with Gasteiger partial charge in [-0.2, -0.15) is 0 Å². The highest BCUT2D eigenvalue weighted by molar-refractivity contribution is 5.83. The maximum atomic E-state index is 11.6. The van der Waals surface area contributed by atoms with Crippen molar-refractivity contribution in [3.63, 3.8) is 0 Å². The Kier molecular flexibility index (Phi) is 2.77. The summed E-state index contributed by atoms with van der Waals surface area (Å²) in [5, 5.41) is 3.18. The number of carbonyl (C=O) groups excluding carboxylic acids is 1. The molecule has 2 aliphatic rings. The van der Waals surface area contributed by atoms with Crippen LogP contribution < -0.4 is 5.32 Å². The van der Waals surface area contributed by atoms with E-state index in [4.69, 9.17) is 0 Å². The Balaban J connectivity index is 1.83. The molecule has 3 heteroatoms. The minimum absolute atomic E-state index is 0.0360. The van der Waals surface area contributed by atoms with Gasteiger partial charge < -0.3 is 4.90 Å². The first-order chi connectivity index (χ1) is 6.66. The van der Waals surface area contributed by atoms with Crippen molar-refractivity contribution in [3.05, 3.63) is 0 Å². The van der Waals surface area contributed by atoms with E-state index in [1.54, 1.807) is 0 Å². The number of amides is 1. The van der Waals surface area contributed by atoms with Crippen LogP contribution in [0.25, 0.3) is 0 Å². The molecule has 1 heterocycles. The molecular formula is C11H20N2O. The summed E-state index contributed by atoms with van der Waals surface area (Å²) >= 11 is 0. The first-order valence-corrected chi connectivity index (χ1v) is 5.69. The van der Waals surface area contributed by atoms with Gasteiger partial charge in [0.15, 0.2) is 0 Å². The number of carbonyl (C=O) groups is 1. The molecule has 1 saturated carbocycles. The van der Waals surface area contributed by atoms with Crippen LogP contribution in [0, 0.1) is 11.8 Å². The topological polar surface area (TPSA) is 32.3 Å². The maximum absolute atomic E-state index is 11.6. The predicted octanol–water partition coefficient (Wildman–Crippen LogP) is 1.20. The smallest absolute Gasteiger partial charge is 0.240 e. The standard InChI is InChI=1S/C11H20N2O/c1-8-3-4-10(5-8)6-13-7-12-9(2)11(13)14/h8-10,12H,3-7H2,1-2H3. The first-order valence-electron chi connectivity index (χ1n) is 5.69. The molecule has 1 aliphatic heterocycles. The first kappa shape index (κ1) is 9.97. The van der Waals surface area contributed by atoms with E-state index in [1.165, 1.54) is 19.3 Å². The highest BCUT2D eigenvalue weighted by Crippen LogP contribution is 2.31. The van der Waals surface area contributed by atoms with Crippen LogP contribution in [0.1, 0.15) is 33.1 Å². The lowest BCUT2D eigenvalue weighted by molar-refractivity contribution is -0.129. The van der Waals surface area contributed by atoms with Crippen molar-refractivity contribution in [1.29, 1.82) is 0 Å². The van der Waals surface area contributed by atoms with Gasteiger partial charge in [-0.3, -0.25) is 10.1 Å². The average Bonchev–Trinajstić information content (AvgIpc) is 2.67. The van der Waals surface area contributed by atoms with Crippen LogP contribution in [0.2, 0.25) is 0 Å². The fraction of sp³-hybridized carbons (Fsp3) is 0.909. The van der Waals surface area contributed by atoms with Gasteiger partial charge in [0.25, 0.3) is 0 Å².